The minimum Gasteiger partial charge on any atom is -0.507 e. The maximum atomic E-state index is 13.1. The van der Waals surface area contributed by atoms with E-state index in [0.29, 0.717) is 11.5 Å². The maximum Gasteiger partial charge on any atom is 0.698 e. The van der Waals surface area contributed by atoms with Gasteiger partial charge in [0.05, 0.1) is 0 Å². The average Bonchev–Trinajstić information content (AvgIpc) is 2.78. The second-order valence-electron chi connectivity index (χ2n) is 15.0. The third-order valence-electron chi connectivity index (χ3n) is 7.47. The first-order valence-corrected chi connectivity index (χ1v) is 15.7. The molecule has 2 N–H and O–H groups in total. The normalized spacial score (nSPS) is 13.2. The van der Waals surface area contributed by atoms with E-state index in [1.807, 2.05) is 12.1 Å². The van der Waals surface area contributed by atoms with Gasteiger partial charge in [-0.05, 0) is 80.0 Å². The van der Waals surface area contributed by atoms with Crippen molar-refractivity contribution in [3.8, 4) is 11.5 Å². The van der Waals surface area contributed by atoms with Crippen molar-refractivity contribution in [1.29, 1.82) is 0 Å². The van der Waals surface area contributed by atoms with Crippen molar-refractivity contribution in [3.63, 3.8) is 0 Å². The minimum absolute atomic E-state index is 0.127. The van der Waals surface area contributed by atoms with Crippen LogP contribution in [0.1, 0.15) is 141 Å². The van der Waals surface area contributed by atoms with Crippen LogP contribution >= 0.6 is 8.25 Å². The topological polar surface area (TPSA) is 76.0 Å². The highest BCUT2D eigenvalue weighted by Crippen LogP contribution is 2.45. The number of rotatable bonds is 8. The third kappa shape index (κ3) is 7.66. The first-order chi connectivity index (χ1) is 18.1. The summed E-state index contributed by atoms with van der Waals surface area (Å²) in [5.74, 6) is 0.676. The lowest BCUT2D eigenvalue weighted by atomic mass is 9.75. The molecule has 0 bridgehead atoms. The Morgan fingerprint density at radius 2 is 0.900 bits per heavy atom. The van der Waals surface area contributed by atoms with Gasteiger partial charge < -0.3 is 10.2 Å². The molecular weight excluding hydrogens is 519 g/mol. The van der Waals surface area contributed by atoms with Gasteiger partial charge in [-0.25, -0.2) is 0 Å². The van der Waals surface area contributed by atoms with Gasteiger partial charge in [0.1, 0.15) is 24.7 Å². The van der Waals surface area contributed by atoms with Gasteiger partial charge in [0.15, 0.2) is 0 Å². The Bertz CT molecular complexity index is 1140. The minimum atomic E-state index is -2.40. The van der Waals surface area contributed by atoms with Crippen molar-refractivity contribution < 1.29 is 23.8 Å². The number of aromatic hydroxyl groups is 2. The maximum absolute atomic E-state index is 13.1. The number of phenolic OH excluding ortho intramolecular Hbond substituents is 2. The fourth-order valence-corrected chi connectivity index (χ4v) is 6.21. The SMILES string of the molecule is CCc1c(CO[P+](=O)OCc2cc(C(C)(C)C)c(O)c(C(C)(C)C)c2CC)cc(C(C)(C)C)c(O)c1C(C)(C)C. The smallest absolute Gasteiger partial charge is 0.507 e. The molecule has 0 aromatic heterocycles. The number of phenols is 2. The predicted octanol–water partition coefficient (Wildman–Crippen LogP) is 9.80. The molecule has 5 nitrogen and oxygen atoms in total. The summed E-state index contributed by atoms with van der Waals surface area (Å²) in [7, 11) is -2.40. The molecule has 0 saturated heterocycles. The van der Waals surface area contributed by atoms with Crippen LogP contribution in [0.15, 0.2) is 12.1 Å². The van der Waals surface area contributed by atoms with Crippen LogP contribution in [0.4, 0.5) is 0 Å². The molecule has 0 aliphatic heterocycles. The molecule has 224 valence electrons. The fraction of sp³-hybridized carbons (Fsp3) is 0.647. The van der Waals surface area contributed by atoms with Crippen molar-refractivity contribution in [1.82, 2.24) is 0 Å². The van der Waals surface area contributed by atoms with E-state index in [9.17, 15) is 14.8 Å². The molecule has 2 aromatic carbocycles. The number of hydrogen-bond donors (Lipinski definition) is 2. The van der Waals surface area contributed by atoms with Crippen LogP contribution in [-0.2, 0) is 61.3 Å². The van der Waals surface area contributed by atoms with Crippen LogP contribution in [0.3, 0.4) is 0 Å². The van der Waals surface area contributed by atoms with E-state index >= 15 is 0 Å². The second kappa shape index (κ2) is 12.1. The molecule has 0 radical (unpaired) electrons. The van der Waals surface area contributed by atoms with E-state index in [4.69, 9.17) is 9.05 Å². The third-order valence-corrected chi connectivity index (χ3v) is 8.15. The first-order valence-electron chi connectivity index (χ1n) is 14.6. The lowest BCUT2D eigenvalue weighted by Crippen LogP contribution is -2.21. The van der Waals surface area contributed by atoms with Gasteiger partial charge in [-0.15, -0.1) is 9.05 Å². The number of benzene rings is 2. The van der Waals surface area contributed by atoms with Gasteiger partial charge in [0.25, 0.3) is 0 Å². The van der Waals surface area contributed by atoms with Crippen molar-refractivity contribution in [2.45, 2.75) is 145 Å². The van der Waals surface area contributed by atoms with E-state index in [1.165, 1.54) is 0 Å². The van der Waals surface area contributed by atoms with Gasteiger partial charge in [0, 0.05) is 15.7 Å². The van der Waals surface area contributed by atoms with E-state index in [-0.39, 0.29) is 34.9 Å². The van der Waals surface area contributed by atoms with Gasteiger partial charge in [0.2, 0.25) is 0 Å². The number of hydrogen-bond acceptors (Lipinski definition) is 5. The highest BCUT2D eigenvalue weighted by atomic mass is 31.1. The predicted molar refractivity (Wildman–Crippen MR) is 167 cm³/mol. The van der Waals surface area contributed by atoms with Crippen LogP contribution in [-0.4, -0.2) is 10.2 Å². The summed E-state index contributed by atoms with van der Waals surface area (Å²) in [6.45, 7) is 29.5. The average molecular weight is 574 g/mol. The fourth-order valence-electron chi connectivity index (χ4n) is 5.64. The molecule has 40 heavy (non-hydrogen) atoms. The van der Waals surface area contributed by atoms with E-state index in [1.54, 1.807) is 0 Å². The standard InChI is InChI=1S/C34H53O5P/c1-15-23-21(17-25(31(3,4)5)29(35)27(23)33(9,10)11)19-38-40(37)39-20-22-18-26(32(6,7)8)30(36)28(24(22)16-2)34(12,13)14/h17-18H,15-16,19-20H2,1-14H3,(H-,35,36)/p+1. The van der Waals surface area contributed by atoms with E-state index < -0.39 is 8.25 Å². The van der Waals surface area contributed by atoms with Gasteiger partial charge in [-0.3, -0.25) is 0 Å². The lowest BCUT2D eigenvalue weighted by Gasteiger charge is -2.31. The van der Waals surface area contributed by atoms with Crippen LogP contribution in [0, 0.1) is 0 Å². The summed E-state index contributed by atoms with van der Waals surface area (Å²) in [5, 5.41) is 22.5. The molecule has 0 atom stereocenters. The Hall–Kier alpha value is -1.94. The first kappa shape index (κ1) is 34.3. The van der Waals surface area contributed by atoms with Crippen LogP contribution in [0.25, 0.3) is 0 Å². The summed E-state index contributed by atoms with van der Waals surface area (Å²) in [5.41, 5.74) is 6.36. The Balaban J connectivity index is 2.43. The van der Waals surface area contributed by atoms with Crippen molar-refractivity contribution >= 4 is 8.25 Å². The van der Waals surface area contributed by atoms with Crippen LogP contribution in [0.5, 0.6) is 11.5 Å². The Kier molecular flexibility index (Phi) is 10.4. The quantitative estimate of drug-likeness (QED) is 0.307. The van der Waals surface area contributed by atoms with Crippen LogP contribution in [0.2, 0.25) is 0 Å². The summed E-state index contributed by atoms with van der Waals surface area (Å²) in [6, 6.07) is 3.99. The van der Waals surface area contributed by atoms with E-state index in [0.717, 1.165) is 57.3 Å². The zero-order valence-electron chi connectivity index (χ0n) is 27.5. The Morgan fingerprint density at radius 3 is 1.12 bits per heavy atom. The van der Waals surface area contributed by atoms with Crippen molar-refractivity contribution in [3.05, 3.63) is 56.6 Å². The zero-order chi connectivity index (χ0) is 31.0. The van der Waals surface area contributed by atoms with Gasteiger partial charge in [-0.2, -0.15) is 0 Å². The summed E-state index contributed by atoms with van der Waals surface area (Å²) in [4.78, 5) is 0. The Labute approximate surface area is 244 Å². The monoisotopic (exact) mass is 573 g/mol. The summed E-state index contributed by atoms with van der Waals surface area (Å²) >= 11 is 0. The van der Waals surface area contributed by atoms with Gasteiger partial charge in [-0.1, -0.05) is 96.9 Å². The highest BCUT2D eigenvalue weighted by Gasteiger charge is 2.33. The molecule has 0 aliphatic rings. The summed E-state index contributed by atoms with van der Waals surface area (Å²) in [6.07, 6.45) is 1.44. The molecule has 0 saturated carbocycles. The molecule has 0 heterocycles. The van der Waals surface area contributed by atoms with Gasteiger partial charge >= 0.3 is 8.25 Å². The molecular formula is C34H54O5P+. The molecule has 0 fully saturated rings. The Morgan fingerprint density at radius 1 is 0.600 bits per heavy atom. The zero-order valence-corrected chi connectivity index (χ0v) is 28.4. The molecule has 0 amide bonds. The lowest BCUT2D eigenvalue weighted by molar-refractivity contribution is 0.211. The largest absolute Gasteiger partial charge is 0.698 e. The molecule has 2 rings (SSSR count). The second-order valence-corrected chi connectivity index (χ2v) is 16.0. The molecule has 6 heteroatoms. The molecule has 2 aromatic rings. The van der Waals surface area contributed by atoms with Crippen molar-refractivity contribution in [2.24, 2.45) is 0 Å². The summed E-state index contributed by atoms with van der Waals surface area (Å²) < 4.78 is 24.7. The van der Waals surface area contributed by atoms with E-state index in [2.05, 4.69) is 96.9 Å². The highest BCUT2D eigenvalue weighted by molar-refractivity contribution is 7.33. The van der Waals surface area contributed by atoms with Crippen molar-refractivity contribution in [2.75, 3.05) is 0 Å². The molecule has 0 spiro atoms. The van der Waals surface area contributed by atoms with Crippen LogP contribution < -0.4 is 0 Å². The molecule has 0 aliphatic carbocycles. The molecule has 0 unspecified atom stereocenters.